The van der Waals surface area contributed by atoms with Crippen molar-refractivity contribution in [2.24, 2.45) is 0 Å². The van der Waals surface area contributed by atoms with Gasteiger partial charge in [0.25, 0.3) is 0 Å². The van der Waals surface area contributed by atoms with Gasteiger partial charge < -0.3 is 10.1 Å². The van der Waals surface area contributed by atoms with Crippen LogP contribution in [0.2, 0.25) is 0 Å². The first kappa shape index (κ1) is 18.1. The molecular weight excluding hydrogens is 288 g/mol. The zero-order chi connectivity index (χ0) is 15.7. The molecule has 0 amide bonds. The molecule has 0 saturated carbocycles. The fraction of sp³-hybridized carbons (Fsp3) is 0.600. The van der Waals surface area contributed by atoms with Crippen molar-refractivity contribution in [1.82, 2.24) is 9.62 Å². The molecule has 6 heteroatoms. The second-order valence-corrected chi connectivity index (χ2v) is 6.75. The summed E-state index contributed by atoms with van der Waals surface area (Å²) in [7, 11) is -1.86. The maximum Gasteiger partial charge on any atom is 0.243 e. The van der Waals surface area contributed by atoms with Crippen molar-refractivity contribution >= 4 is 10.0 Å². The first-order valence-electron chi connectivity index (χ1n) is 7.35. The minimum Gasteiger partial charge on any atom is -0.383 e. The summed E-state index contributed by atoms with van der Waals surface area (Å²) in [6.45, 7) is 6.86. The predicted molar refractivity (Wildman–Crippen MR) is 84.7 cm³/mol. The van der Waals surface area contributed by atoms with Crippen LogP contribution in [0.15, 0.2) is 29.2 Å². The van der Waals surface area contributed by atoms with Crippen LogP contribution in [0, 0.1) is 0 Å². The van der Waals surface area contributed by atoms with Crippen LogP contribution in [-0.4, -0.2) is 46.1 Å². The fourth-order valence-corrected chi connectivity index (χ4v) is 3.41. The first-order valence-corrected chi connectivity index (χ1v) is 8.79. The Bertz CT molecular complexity index is 500. The van der Waals surface area contributed by atoms with Gasteiger partial charge in [-0.1, -0.05) is 26.0 Å². The second-order valence-electron chi connectivity index (χ2n) is 4.81. The number of methoxy groups -OCH3 is 1. The van der Waals surface area contributed by atoms with Gasteiger partial charge in [-0.05, 0) is 30.7 Å². The first-order chi connectivity index (χ1) is 10.1. The summed E-state index contributed by atoms with van der Waals surface area (Å²) in [5.41, 5.74) is 1.09. The SMILES string of the molecule is CCCNCc1ccc(S(=O)(=O)N(CC)CCOC)cc1. The third-order valence-corrected chi connectivity index (χ3v) is 5.20. The van der Waals surface area contributed by atoms with E-state index in [4.69, 9.17) is 4.74 Å². The molecule has 0 aliphatic heterocycles. The molecule has 0 spiro atoms. The van der Waals surface area contributed by atoms with Gasteiger partial charge in [0.15, 0.2) is 0 Å². The van der Waals surface area contributed by atoms with Crippen LogP contribution in [0.1, 0.15) is 25.8 Å². The van der Waals surface area contributed by atoms with Crippen molar-refractivity contribution in [3.8, 4) is 0 Å². The molecule has 0 radical (unpaired) electrons. The Morgan fingerprint density at radius 2 is 1.86 bits per heavy atom. The molecule has 0 atom stereocenters. The van der Waals surface area contributed by atoms with Gasteiger partial charge in [-0.25, -0.2) is 8.42 Å². The van der Waals surface area contributed by atoms with E-state index in [0.29, 0.717) is 24.6 Å². The Hall–Kier alpha value is -0.950. The van der Waals surface area contributed by atoms with Gasteiger partial charge in [-0.2, -0.15) is 4.31 Å². The maximum absolute atomic E-state index is 12.5. The number of hydrogen-bond acceptors (Lipinski definition) is 4. The molecule has 0 aliphatic carbocycles. The van der Waals surface area contributed by atoms with E-state index in [0.717, 1.165) is 25.1 Å². The summed E-state index contributed by atoms with van der Waals surface area (Å²) in [6, 6.07) is 7.07. The highest BCUT2D eigenvalue weighted by Crippen LogP contribution is 2.16. The van der Waals surface area contributed by atoms with E-state index in [1.54, 1.807) is 19.2 Å². The van der Waals surface area contributed by atoms with Crippen LogP contribution < -0.4 is 5.32 Å². The van der Waals surface area contributed by atoms with Crippen LogP contribution in [0.3, 0.4) is 0 Å². The van der Waals surface area contributed by atoms with Gasteiger partial charge >= 0.3 is 0 Å². The normalized spacial score (nSPS) is 12.0. The molecule has 120 valence electrons. The molecular formula is C15H26N2O3S. The standard InChI is InChI=1S/C15H26N2O3S/c1-4-10-16-13-14-6-8-15(9-7-14)21(18,19)17(5-2)11-12-20-3/h6-9,16H,4-5,10-13H2,1-3H3. The van der Waals surface area contributed by atoms with Gasteiger partial charge in [0, 0.05) is 26.7 Å². The summed E-state index contributed by atoms with van der Waals surface area (Å²) in [5, 5.41) is 3.30. The van der Waals surface area contributed by atoms with Crippen molar-refractivity contribution in [2.75, 3.05) is 33.4 Å². The van der Waals surface area contributed by atoms with Crippen molar-refractivity contribution in [3.63, 3.8) is 0 Å². The Labute approximate surface area is 128 Å². The molecule has 0 saturated heterocycles. The van der Waals surface area contributed by atoms with Crippen molar-refractivity contribution in [3.05, 3.63) is 29.8 Å². The number of hydrogen-bond donors (Lipinski definition) is 1. The summed E-state index contributed by atoms with van der Waals surface area (Å²) in [5.74, 6) is 0. The van der Waals surface area contributed by atoms with Gasteiger partial charge in [-0.15, -0.1) is 0 Å². The van der Waals surface area contributed by atoms with Gasteiger partial charge in [-0.3, -0.25) is 0 Å². The number of rotatable bonds is 10. The van der Waals surface area contributed by atoms with E-state index < -0.39 is 10.0 Å². The zero-order valence-corrected chi connectivity index (χ0v) is 13.9. The van der Waals surface area contributed by atoms with Crippen LogP contribution in [0.25, 0.3) is 0 Å². The van der Waals surface area contributed by atoms with E-state index in [9.17, 15) is 8.42 Å². The molecule has 1 rings (SSSR count). The average Bonchev–Trinajstić information content (AvgIpc) is 2.48. The lowest BCUT2D eigenvalue weighted by Gasteiger charge is -2.20. The molecule has 21 heavy (non-hydrogen) atoms. The number of ether oxygens (including phenoxy) is 1. The Morgan fingerprint density at radius 1 is 1.19 bits per heavy atom. The van der Waals surface area contributed by atoms with Crippen LogP contribution in [0.5, 0.6) is 0 Å². The summed E-state index contributed by atoms with van der Waals surface area (Å²) in [4.78, 5) is 0.333. The molecule has 1 aromatic carbocycles. The van der Waals surface area contributed by atoms with E-state index >= 15 is 0 Å². The zero-order valence-electron chi connectivity index (χ0n) is 13.1. The van der Waals surface area contributed by atoms with Crippen LogP contribution >= 0.6 is 0 Å². The highest BCUT2D eigenvalue weighted by atomic mass is 32.2. The van der Waals surface area contributed by atoms with E-state index in [-0.39, 0.29) is 0 Å². The monoisotopic (exact) mass is 314 g/mol. The highest BCUT2D eigenvalue weighted by Gasteiger charge is 2.22. The van der Waals surface area contributed by atoms with Crippen molar-refractivity contribution < 1.29 is 13.2 Å². The predicted octanol–water partition coefficient (Wildman–Crippen LogP) is 1.84. The van der Waals surface area contributed by atoms with Gasteiger partial charge in [0.05, 0.1) is 11.5 Å². The lowest BCUT2D eigenvalue weighted by Crippen LogP contribution is -2.33. The summed E-state index contributed by atoms with van der Waals surface area (Å²) >= 11 is 0. The van der Waals surface area contributed by atoms with Crippen LogP contribution in [-0.2, 0) is 21.3 Å². The third kappa shape index (κ3) is 5.39. The minimum atomic E-state index is -3.43. The van der Waals surface area contributed by atoms with Crippen molar-refractivity contribution in [2.45, 2.75) is 31.7 Å². The second kappa shape index (κ2) is 9.15. The number of nitrogens with zero attached hydrogens (tertiary/aromatic N) is 1. The largest absolute Gasteiger partial charge is 0.383 e. The number of likely N-dealkylation sites (N-methyl/N-ethyl adjacent to an activating group) is 1. The Balaban J connectivity index is 2.78. The molecule has 0 aromatic heterocycles. The molecule has 1 aromatic rings. The number of sulfonamides is 1. The average molecular weight is 314 g/mol. The van der Waals surface area contributed by atoms with Gasteiger partial charge in [0.1, 0.15) is 0 Å². The Kier molecular flexibility index (Phi) is 7.88. The van der Waals surface area contributed by atoms with Gasteiger partial charge in [0.2, 0.25) is 10.0 Å². The Morgan fingerprint density at radius 3 is 2.38 bits per heavy atom. The lowest BCUT2D eigenvalue weighted by atomic mass is 10.2. The van der Waals surface area contributed by atoms with Crippen molar-refractivity contribution in [1.29, 1.82) is 0 Å². The number of nitrogens with one attached hydrogen (secondary N) is 1. The van der Waals surface area contributed by atoms with Crippen LogP contribution in [0.4, 0.5) is 0 Å². The molecule has 0 unspecified atom stereocenters. The minimum absolute atomic E-state index is 0.333. The fourth-order valence-electron chi connectivity index (χ4n) is 1.98. The lowest BCUT2D eigenvalue weighted by molar-refractivity contribution is 0.180. The highest BCUT2D eigenvalue weighted by molar-refractivity contribution is 7.89. The summed E-state index contributed by atoms with van der Waals surface area (Å²) < 4.78 is 31.4. The molecule has 0 aliphatic rings. The molecule has 5 nitrogen and oxygen atoms in total. The van der Waals surface area contributed by atoms with E-state index in [2.05, 4.69) is 12.2 Å². The quantitative estimate of drug-likeness (QED) is 0.670. The topological polar surface area (TPSA) is 58.6 Å². The molecule has 0 bridgehead atoms. The third-order valence-electron chi connectivity index (χ3n) is 3.21. The smallest absolute Gasteiger partial charge is 0.243 e. The number of benzene rings is 1. The molecule has 0 fully saturated rings. The van der Waals surface area contributed by atoms with E-state index in [1.807, 2.05) is 19.1 Å². The summed E-state index contributed by atoms with van der Waals surface area (Å²) in [6.07, 6.45) is 1.08. The molecule has 1 N–H and O–H groups in total. The molecule has 0 heterocycles. The van der Waals surface area contributed by atoms with E-state index in [1.165, 1.54) is 4.31 Å². The maximum atomic E-state index is 12.5.